The Morgan fingerprint density at radius 2 is 1.76 bits per heavy atom. The van der Waals surface area contributed by atoms with E-state index in [9.17, 15) is 10.2 Å². The first-order chi connectivity index (χ1) is 8.19. The first-order valence-electron chi connectivity index (χ1n) is 6.91. The molecule has 17 heavy (non-hydrogen) atoms. The minimum atomic E-state index is -0.488. The van der Waals surface area contributed by atoms with Crippen molar-refractivity contribution in [3.05, 3.63) is 0 Å². The fourth-order valence-corrected chi connectivity index (χ4v) is 2.52. The SMILES string of the molecule is CCCN1CCC(NC(CC)(CO)CO)CC1. The lowest BCUT2D eigenvalue weighted by atomic mass is 9.94. The van der Waals surface area contributed by atoms with Gasteiger partial charge in [-0.1, -0.05) is 13.8 Å². The van der Waals surface area contributed by atoms with E-state index in [0.29, 0.717) is 6.04 Å². The van der Waals surface area contributed by atoms with Gasteiger partial charge in [0, 0.05) is 6.04 Å². The van der Waals surface area contributed by atoms with E-state index in [-0.39, 0.29) is 13.2 Å². The van der Waals surface area contributed by atoms with Crippen LogP contribution < -0.4 is 5.32 Å². The molecular weight excluding hydrogens is 216 g/mol. The standard InChI is InChI=1S/C13H28N2O2/c1-3-7-15-8-5-12(6-9-15)14-13(4-2,10-16)11-17/h12,14,16-17H,3-11H2,1-2H3. The van der Waals surface area contributed by atoms with Gasteiger partial charge >= 0.3 is 0 Å². The summed E-state index contributed by atoms with van der Waals surface area (Å²) in [4.78, 5) is 2.49. The Labute approximate surface area is 105 Å². The average molecular weight is 244 g/mol. The summed E-state index contributed by atoms with van der Waals surface area (Å²) in [6, 6.07) is 0.433. The Kier molecular flexibility index (Phi) is 6.41. The quantitative estimate of drug-likeness (QED) is 0.613. The highest BCUT2D eigenvalue weighted by atomic mass is 16.3. The predicted molar refractivity (Wildman–Crippen MR) is 70.1 cm³/mol. The zero-order valence-electron chi connectivity index (χ0n) is 11.3. The lowest BCUT2D eigenvalue weighted by molar-refractivity contribution is 0.0654. The van der Waals surface area contributed by atoms with Gasteiger partial charge in [-0.2, -0.15) is 0 Å². The largest absolute Gasteiger partial charge is 0.394 e. The summed E-state index contributed by atoms with van der Waals surface area (Å²) in [6.45, 7) is 7.68. The van der Waals surface area contributed by atoms with Crippen molar-refractivity contribution in [2.45, 2.75) is 51.1 Å². The second kappa shape index (κ2) is 7.31. The zero-order chi connectivity index (χ0) is 12.7. The molecule has 1 saturated heterocycles. The molecule has 0 unspecified atom stereocenters. The van der Waals surface area contributed by atoms with E-state index in [2.05, 4.69) is 17.1 Å². The summed E-state index contributed by atoms with van der Waals surface area (Å²) >= 11 is 0. The molecule has 4 nitrogen and oxygen atoms in total. The topological polar surface area (TPSA) is 55.7 Å². The van der Waals surface area contributed by atoms with Crippen LogP contribution in [0.1, 0.15) is 39.5 Å². The van der Waals surface area contributed by atoms with Gasteiger partial charge in [-0.3, -0.25) is 0 Å². The summed E-state index contributed by atoms with van der Waals surface area (Å²) in [5.41, 5.74) is -0.488. The van der Waals surface area contributed by atoms with Crippen molar-refractivity contribution in [3.63, 3.8) is 0 Å². The van der Waals surface area contributed by atoms with E-state index in [1.807, 2.05) is 6.92 Å². The lowest BCUT2D eigenvalue weighted by Crippen LogP contribution is -2.57. The Morgan fingerprint density at radius 3 is 2.18 bits per heavy atom. The number of hydrogen-bond donors (Lipinski definition) is 3. The van der Waals surface area contributed by atoms with Crippen LogP contribution >= 0.6 is 0 Å². The van der Waals surface area contributed by atoms with Gasteiger partial charge in [-0.05, 0) is 45.3 Å². The molecule has 0 atom stereocenters. The second-order valence-electron chi connectivity index (χ2n) is 5.21. The smallest absolute Gasteiger partial charge is 0.0647 e. The number of likely N-dealkylation sites (tertiary alicyclic amines) is 1. The fraction of sp³-hybridized carbons (Fsp3) is 1.00. The Bertz CT molecular complexity index is 191. The molecule has 1 aliphatic heterocycles. The minimum absolute atomic E-state index is 0.00910. The van der Waals surface area contributed by atoms with Gasteiger partial charge in [-0.15, -0.1) is 0 Å². The van der Waals surface area contributed by atoms with Crippen molar-refractivity contribution in [1.82, 2.24) is 10.2 Å². The Balaban J connectivity index is 2.38. The first kappa shape index (κ1) is 14.9. The lowest BCUT2D eigenvalue weighted by Gasteiger charge is -2.39. The molecule has 0 bridgehead atoms. The molecule has 0 aromatic carbocycles. The molecule has 1 aliphatic rings. The van der Waals surface area contributed by atoms with Crippen LogP contribution in [0.2, 0.25) is 0 Å². The highest BCUT2D eigenvalue weighted by Crippen LogP contribution is 2.16. The van der Waals surface area contributed by atoms with Crippen LogP contribution in [0.15, 0.2) is 0 Å². The van der Waals surface area contributed by atoms with Crippen molar-refractivity contribution >= 4 is 0 Å². The number of aliphatic hydroxyl groups is 2. The Morgan fingerprint density at radius 1 is 1.18 bits per heavy atom. The highest BCUT2D eigenvalue weighted by molar-refractivity contribution is 4.90. The molecule has 0 aromatic rings. The van der Waals surface area contributed by atoms with Gasteiger partial charge < -0.3 is 20.4 Å². The number of nitrogens with zero attached hydrogens (tertiary/aromatic N) is 1. The molecule has 0 aromatic heterocycles. The molecule has 0 radical (unpaired) electrons. The van der Waals surface area contributed by atoms with Crippen LogP contribution in [0.25, 0.3) is 0 Å². The van der Waals surface area contributed by atoms with Crippen LogP contribution in [0.3, 0.4) is 0 Å². The molecule has 1 fully saturated rings. The third-order valence-electron chi connectivity index (χ3n) is 3.92. The number of hydrogen-bond acceptors (Lipinski definition) is 4. The van der Waals surface area contributed by atoms with Crippen LogP contribution in [-0.2, 0) is 0 Å². The molecule has 1 rings (SSSR count). The van der Waals surface area contributed by atoms with Gasteiger partial charge in [0.05, 0.1) is 18.8 Å². The maximum atomic E-state index is 9.41. The molecule has 0 saturated carbocycles. The normalized spacial score (nSPS) is 19.8. The van der Waals surface area contributed by atoms with Gasteiger partial charge in [-0.25, -0.2) is 0 Å². The van der Waals surface area contributed by atoms with Gasteiger partial charge in [0.2, 0.25) is 0 Å². The van der Waals surface area contributed by atoms with E-state index >= 15 is 0 Å². The molecule has 0 amide bonds. The highest BCUT2D eigenvalue weighted by Gasteiger charge is 2.30. The average Bonchev–Trinajstić information content (AvgIpc) is 2.39. The van der Waals surface area contributed by atoms with Crippen molar-refractivity contribution in [2.75, 3.05) is 32.8 Å². The van der Waals surface area contributed by atoms with Crippen molar-refractivity contribution < 1.29 is 10.2 Å². The minimum Gasteiger partial charge on any atom is -0.394 e. The summed E-state index contributed by atoms with van der Waals surface area (Å²) in [5, 5.41) is 22.3. The van der Waals surface area contributed by atoms with Crippen LogP contribution in [-0.4, -0.2) is 59.5 Å². The van der Waals surface area contributed by atoms with Crippen LogP contribution in [0, 0.1) is 0 Å². The molecule has 3 N–H and O–H groups in total. The van der Waals surface area contributed by atoms with E-state index < -0.39 is 5.54 Å². The molecule has 102 valence electrons. The second-order valence-corrected chi connectivity index (χ2v) is 5.21. The maximum Gasteiger partial charge on any atom is 0.0647 e. The predicted octanol–water partition coefficient (Wildman–Crippen LogP) is 0.584. The van der Waals surface area contributed by atoms with Gasteiger partial charge in [0.25, 0.3) is 0 Å². The van der Waals surface area contributed by atoms with E-state index in [0.717, 1.165) is 32.4 Å². The number of aliphatic hydroxyl groups excluding tert-OH is 2. The molecule has 1 heterocycles. The Hall–Kier alpha value is -0.160. The van der Waals surface area contributed by atoms with Crippen molar-refractivity contribution in [3.8, 4) is 0 Å². The van der Waals surface area contributed by atoms with Crippen molar-refractivity contribution in [1.29, 1.82) is 0 Å². The molecular formula is C13H28N2O2. The third-order valence-corrected chi connectivity index (χ3v) is 3.92. The van der Waals surface area contributed by atoms with Crippen LogP contribution in [0.5, 0.6) is 0 Å². The summed E-state index contributed by atoms with van der Waals surface area (Å²) in [7, 11) is 0. The third kappa shape index (κ3) is 4.21. The van der Waals surface area contributed by atoms with Crippen molar-refractivity contribution in [2.24, 2.45) is 0 Å². The molecule has 0 spiro atoms. The number of rotatable bonds is 7. The zero-order valence-corrected chi connectivity index (χ0v) is 11.3. The maximum absolute atomic E-state index is 9.41. The molecule has 4 heteroatoms. The first-order valence-corrected chi connectivity index (χ1v) is 6.91. The number of nitrogens with one attached hydrogen (secondary N) is 1. The van der Waals surface area contributed by atoms with E-state index in [4.69, 9.17) is 0 Å². The monoisotopic (exact) mass is 244 g/mol. The number of piperidine rings is 1. The summed E-state index contributed by atoms with van der Waals surface area (Å²) < 4.78 is 0. The fourth-order valence-electron chi connectivity index (χ4n) is 2.52. The van der Waals surface area contributed by atoms with E-state index in [1.54, 1.807) is 0 Å². The van der Waals surface area contributed by atoms with Crippen LogP contribution in [0.4, 0.5) is 0 Å². The molecule has 0 aliphatic carbocycles. The summed E-state index contributed by atoms with van der Waals surface area (Å²) in [6.07, 6.45) is 4.20. The summed E-state index contributed by atoms with van der Waals surface area (Å²) in [5.74, 6) is 0. The van der Waals surface area contributed by atoms with Gasteiger partial charge in [0.15, 0.2) is 0 Å². The van der Waals surface area contributed by atoms with Gasteiger partial charge in [0.1, 0.15) is 0 Å². The van der Waals surface area contributed by atoms with E-state index in [1.165, 1.54) is 13.0 Å².